The van der Waals surface area contributed by atoms with Crippen molar-refractivity contribution in [2.75, 3.05) is 7.11 Å². The van der Waals surface area contributed by atoms with E-state index in [-0.39, 0.29) is 6.10 Å². The number of hydrogen-bond acceptors (Lipinski definition) is 1. The molecule has 0 spiro atoms. The fraction of sp³-hybridized carbons (Fsp3) is 0.400. The molecule has 0 aliphatic heterocycles. The second-order valence-electron chi connectivity index (χ2n) is 2.73. The van der Waals surface area contributed by atoms with E-state index in [1.54, 1.807) is 7.11 Å². The molecule has 0 amide bonds. The summed E-state index contributed by atoms with van der Waals surface area (Å²) in [6.07, 6.45) is 0.205. The Kier molecular flexibility index (Phi) is 2.66. The van der Waals surface area contributed by atoms with Gasteiger partial charge in [-0.1, -0.05) is 24.3 Å². The highest BCUT2D eigenvalue weighted by molar-refractivity contribution is 5.27. The molecule has 1 rings (SSSR count). The molecular formula is C10H14O. The van der Waals surface area contributed by atoms with E-state index in [4.69, 9.17) is 4.74 Å². The number of hydrogen-bond donors (Lipinski definition) is 0. The van der Waals surface area contributed by atoms with E-state index < -0.39 is 0 Å². The molecule has 0 fully saturated rings. The monoisotopic (exact) mass is 150 g/mol. The topological polar surface area (TPSA) is 9.23 Å². The largest absolute Gasteiger partial charge is 0.377 e. The van der Waals surface area contributed by atoms with Gasteiger partial charge in [0.05, 0.1) is 6.10 Å². The zero-order chi connectivity index (χ0) is 8.27. The first-order valence-electron chi connectivity index (χ1n) is 3.84. The van der Waals surface area contributed by atoms with Gasteiger partial charge in [0.1, 0.15) is 0 Å². The molecule has 0 saturated carbocycles. The molecule has 11 heavy (non-hydrogen) atoms. The normalized spacial score (nSPS) is 13.0. The smallest absolute Gasteiger partial charge is 0.0795 e. The number of ether oxygens (including phenoxy) is 1. The maximum Gasteiger partial charge on any atom is 0.0795 e. The lowest BCUT2D eigenvalue weighted by atomic mass is 10.1. The minimum absolute atomic E-state index is 0.205. The maximum absolute atomic E-state index is 5.22. The first kappa shape index (κ1) is 8.28. The lowest BCUT2D eigenvalue weighted by Crippen LogP contribution is -1.97. The summed E-state index contributed by atoms with van der Waals surface area (Å²) in [5.41, 5.74) is 2.57. The van der Waals surface area contributed by atoms with E-state index in [0.29, 0.717) is 0 Å². The molecule has 1 nitrogen and oxygen atoms in total. The first-order chi connectivity index (χ1) is 5.25. The van der Waals surface area contributed by atoms with Crippen molar-refractivity contribution < 1.29 is 4.74 Å². The van der Waals surface area contributed by atoms with Gasteiger partial charge in [-0.2, -0.15) is 0 Å². The van der Waals surface area contributed by atoms with Crippen LogP contribution in [0.15, 0.2) is 24.3 Å². The SMILES string of the molecule is CO[C@H](C)c1ccccc1C. The van der Waals surface area contributed by atoms with Gasteiger partial charge in [-0.15, -0.1) is 0 Å². The van der Waals surface area contributed by atoms with Crippen molar-refractivity contribution in [1.29, 1.82) is 0 Å². The summed E-state index contributed by atoms with van der Waals surface area (Å²) in [4.78, 5) is 0. The third-order valence-corrected chi connectivity index (χ3v) is 1.98. The fourth-order valence-corrected chi connectivity index (χ4v) is 1.17. The van der Waals surface area contributed by atoms with Crippen LogP contribution in [-0.2, 0) is 4.74 Å². The Labute approximate surface area is 68.0 Å². The van der Waals surface area contributed by atoms with Crippen LogP contribution in [-0.4, -0.2) is 7.11 Å². The average molecular weight is 150 g/mol. The Balaban J connectivity index is 2.93. The van der Waals surface area contributed by atoms with E-state index in [1.807, 2.05) is 12.1 Å². The van der Waals surface area contributed by atoms with Crippen LogP contribution in [0.2, 0.25) is 0 Å². The number of benzene rings is 1. The molecule has 0 saturated heterocycles. The lowest BCUT2D eigenvalue weighted by Gasteiger charge is -2.11. The molecule has 1 atom stereocenters. The van der Waals surface area contributed by atoms with Crippen LogP contribution in [0, 0.1) is 6.92 Å². The highest BCUT2D eigenvalue weighted by Crippen LogP contribution is 2.18. The summed E-state index contributed by atoms with van der Waals surface area (Å²) in [6.45, 7) is 4.16. The van der Waals surface area contributed by atoms with Crippen molar-refractivity contribution in [3.8, 4) is 0 Å². The molecule has 0 unspecified atom stereocenters. The van der Waals surface area contributed by atoms with Gasteiger partial charge < -0.3 is 4.74 Å². The van der Waals surface area contributed by atoms with Crippen molar-refractivity contribution >= 4 is 0 Å². The van der Waals surface area contributed by atoms with E-state index in [2.05, 4.69) is 26.0 Å². The van der Waals surface area contributed by atoms with Crippen LogP contribution in [0.25, 0.3) is 0 Å². The standard InChI is InChI=1S/C10H14O/c1-8-6-4-5-7-10(8)9(2)11-3/h4-7,9H,1-3H3/t9-/m1/s1. The van der Waals surface area contributed by atoms with Gasteiger partial charge in [-0.3, -0.25) is 0 Å². The van der Waals surface area contributed by atoms with Crippen molar-refractivity contribution in [1.82, 2.24) is 0 Å². The molecule has 0 aliphatic rings. The summed E-state index contributed by atoms with van der Waals surface area (Å²) in [6, 6.07) is 8.29. The van der Waals surface area contributed by atoms with Crippen molar-refractivity contribution in [3.05, 3.63) is 35.4 Å². The quantitative estimate of drug-likeness (QED) is 0.629. The van der Waals surface area contributed by atoms with Gasteiger partial charge >= 0.3 is 0 Å². The van der Waals surface area contributed by atoms with E-state index >= 15 is 0 Å². The zero-order valence-electron chi connectivity index (χ0n) is 7.29. The highest BCUT2D eigenvalue weighted by Gasteiger charge is 2.04. The van der Waals surface area contributed by atoms with Gasteiger partial charge in [0.25, 0.3) is 0 Å². The second-order valence-corrected chi connectivity index (χ2v) is 2.73. The number of rotatable bonds is 2. The summed E-state index contributed by atoms with van der Waals surface area (Å²) < 4.78 is 5.22. The number of aryl methyl sites for hydroxylation is 1. The minimum atomic E-state index is 0.205. The van der Waals surface area contributed by atoms with Gasteiger partial charge in [0.15, 0.2) is 0 Å². The highest BCUT2D eigenvalue weighted by atomic mass is 16.5. The summed E-state index contributed by atoms with van der Waals surface area (Å²) in [5, 5.41) is 0. The van der Waals surface area contributed by atoms with Crippen LogP contribution in [0.4, 0.5) is 0 Å². The summed E-state index contributed by atoms with van der Waals surface area (Å²) >= 11 is 0. The Morgan fingerprint density at radius 3 is 2.45 bits per heavy atom. The van der Waals surface area contributed by atoms with Crippen molar-refractivity contribution in [2.24, 2.45) is 0 Å². The Morgan fingerprint density at radius 2 is 1.91 bits per heavy atom. The van der Waals surface area contributed by atoms with Crippen LogP contribution < -0.4 is 0 Å². The molecule has 0 radical (unpaired) electrons. The lowest BCUT2D eigenvalue weighted by molar-refractivity contribution is 0.119. The first-order valence-corrected chi connectivity index (χ1v) is 3.84. The Hall–Kier alpha value is -0.820. The Morgan fingerprint density at radius 1 is 1.27 bits per heavy atom. The predicted molar refractivity (Wildman–Crippen MR) is 46.6 cm³/mol. The van der Waals surface area contributed by atoms with Gasteiger partial charge in [0, 0.05) is 7.11 Å². The molecular weight excluding hydrogens is 136 g/mol. The fourth-order valence-electron chi connectivity index (χ4n) is 1.17. The van der Waals surface area contributed by atoms with Crippen LogP contribution >= 0.6 is 0 Å². The van der Waals surface area contributed by atoms with Gasteiger partial charge in [0.2, 0.25) is 0 Å². The maximum atomic E-state index is 5.22. The molecule has 0 N–H and O–H groups in total. The molecule has 0 heterocycles. The van der Waals surface area contributed by atoms with Gasteiger partial charge in [-0.05, 0) is 25.0 Å². The van der Waals surface area contributed by atoms with Crippen LogP contribution in [0.3, 0.4) is 0 Å². The molecule has 1 aromatic carbocycles. The third kappa shape index (κ3) is 1.81. The zero-order valence-corrected chi connectivity index (χ0v) is 7.29. The summed E-state index contributed by atoms with van der Waals surface area (Å²) in [7, 11) is 1.73. The summed E-state index contributed by atoms with van der Waals surface area (Å²) in [5.74, 6) is 0. The molecule has 60 valence electrons. The molecule has 1 heteroatoms. The predicted octanol–water partition coefficient (Wildman–Crippen LogP) is 2.70. The van der Waals surface area contributed by atoms with E-state index in [0.717, 1.165) is 0 Å². The average Bonchev–Trinajstić information content (AvgIpc) is 2.04. The molecule has 1 aromatic rings. The molecule has 0 aromatic heterocycles. The third-order valence-electron chi connectivity index (χ3n) is 1.98. The number of methoxy groups -OCH3 is 1. The van der Waals surface area contributed by atoms with Crippen LogP contribution in [0.5, 0.6) is 0 Å². The van der Waals surface area contributed by atoms with Crippen molar-refractivity contribution in [3.63, 3.8) is 0 Å². The Bertz CT molecular complexity index is 230. The molecule has 0 aliphatic carbocycles. The van der Waals surface area contributed by atoms with Gasteiger partial charge in [-0.25, -0.2) is 0 Å². The minimum Gasteiger partial charge on any atom is -0.377 e. The van der Waals surface area contributed by atoms with E-state index in [9.17, 15) is 0 Å². The second kappa shape index (κ2) is 3.54. The molecule has 0 bridgehead atoms. The van der Waals surface area contributed by atoms with Crippen LogP contribution in [0.1, 0.15) is 24.2 Å². The van der Waals surface area contributed by atoms with E-state index in [1.165, 1.54) is 11.1 Å². The van der Waals surface area contributed by atoms with Crippen molar-refractivity contribution in [2.45, 2.75) is 20.0 Å².